The van der Waals surface area contributed by atoms with E-state index in [-0.39, 0.29) is 0 Å². The van der Waals surface area contributed by atoms with Crippen molar-refractivity contribution in [1.29, 1.82) is 0 Å². The van der Waals surface area contributed by atoms with Gasteiger partial charge in [0.25, 0.3) is 0 Å². The molecule has 2 heterocycles. The predicted molar refractivity (Wildman–Crippen MR) is 102 cm³/mol. The molecule has 5 rings (SSSR count). The van der Waals surface area contributed by atoms with Crippen LogP contribution >= 0.6 is 0 Å². The SMILES string of the molecule is c1ccc(-c2nccc(-n3c4ccccc4c4ccccc43)n2)cc1. The van der Waals surface area contributed by atoms with E-state index in [0.717, 1.165) is 28.2 Å². The molecule has 0 unspecified atom stereocenters. The summed E-state index contributed by atoms with van der Waals surface area (Å²) in [5.41, 5.74) is 3.33. The molecule has 0 N–H and O–H groups in total. The second-order valence-corrected chi connectivity index (χ2v) is 5.97. The molecule has 0 aliphatic rings. The zero-order valence-electron chi connectivity index (χ0n) is 13.5. The lowest BCUT2D eigenvalue weighted by Crippen LogP contribution is -1.99. The van der Waals surface area contributed by atoms with Gasteiger partial charge in [0, 0.05) is 22.5 Å². The number of rotatable bonds is 2. The summed E-state index contributed by atoms with van der Waals surface area (Å²) in [5, 5.41) is 2.47. The van der Waals surface area contributed by atoms with E-state index in [1.54, 1.807) is 0 Å². The third-order valence-electron chi connectivity index (χ3n) is 4.48. The van der Waals surface area contributed by atoms with Crippen LogP contribution in [0.25, 0.3) is 39.0 Å². The summed E-state index contributed by atoms with van der Waals surface area (Å²) in [6.07, 6.45) is 1.83. The summed E-state index contributed by atoms with van der Waals surface area (Å²) in [6, 6.07) is 28.9. The topological polar surface area (TPSA) is 30.7 Å². The zero-order chi connectivity index (χ0) is 16.6. The Hall–Kier alpha value is -3.46. The minimum Gasteiger partial charge on any atom is -0.294 e. The van der Waals surface area contributed by atoms with Crippen LogP contribution < -0.4 is 0 Å². The summed E-state index contributed by atoms with van der Waals surface area (Å²) in [4.78, 5) is 9.29. The van der Waals surface area contributed by atoms with Crippen molar-refractivity contribution in [3.63, 3.8) is 0 Å². The van der Waals surface area contributed by atoms with Gasteiger partial charge < -0.3 is 0 Å². The molecule has 0 atom stereocenters. The van der Waals surface area contributed by atoms with Crippen LogP contribution in [0.15, 0.2) is 91.1 Å². The highest BCUT2D eigenvalue weighted by Crippen LogP contribution is 2.31. The van der Waals surface area contributed by atoms with Crippen LogP contribution in [-0.4, -0.2) is 14.5 Å². The molecule has 25 heavy (non-hydrogen) atoms. The third kappa shape index (κ3) is 2.21. The van der Waals surface area contributed by atoms with Crippen molar-refractivity contribution in [3.05, 3.63) is 91.1 Å². The Bertz CT molecular complexity index is 1140. The molecule has 0 fully saturated rings. The molecule has 0 radical (unpaired) electrons. The van der Waals surface area contributed by atoms with Crippen LogP contribution in [0, 0.1) is 0 Å². The lowest BCUT2D eigenvalue weighted by atomic mass is 10.2. The van der Waals surface area contributed by atoms with Gasteiger partial charge in [-0.3, -0.25) is 4.57 Å². The van der Waals surface area contributed by atoms with Crippen molar-refractivity contribution in [3.8, 4) is 17.2 Å². The molecule has 5 aromatic rings. The normalized spacial score (nSPS) is 11.2. The van der Waals surface area contributed by atoms with E-state index in [1.807, 2.05) is 42.6 Å². The lowest BCUT2D eigenvalue weighted by Gasteiger charge is -2.08. The number of benzene rings is 3. The van der Waals surface area contributed by atoms with Gasteiger partial charge in [-0.25, -0.2) is 9.97 Å². The van der Waals surface area contributed by atoms with Gasteiger partial charge in [0.2, 0.25) is 0 Å². The fourth-order valence-corrected chi connectivity index (χ4v) is 3.37. The maximum Gasteiger partial charge on any atom is 0.161 e. The Kier molecular flexibility index (Phi) is 3.10. The number of hydrogen-bond acceptors (Lipinski definition) is 2. The average molecular weight is 321 g/mol. The fraction of sp³-hybridized carbons (Fsp3) is 0. The number of nitrogens with zero attached hydrogens (tertiary/aromatic N) is 3. The largest absolute Gasteiger partial charge is 0.294 e. The second kappa shape index (κ2) is 5.56. The first-order valence-electron chi connectivity index (χ1n) is 8.29. The Balaban J connectivity index is 1.81. The molecule has 0 aliphatic carbocycles. The maximum atomic E-state index is 4.84. The van der Waals surface area contributed by atoms with Crippen LogP contribution in [-0.2, 0) is 0 Å². The lowest BCUT2D eigenvalue weighted by molar-refractivity contribution is 1.04. The van der Waals surface area contributed by atoms with Crippen LogP contribution in [0.5, 0.6) is 0 Å². The molecule has 118 valence electrons. The van der Waals surface area contributed by atoms with E-state index in [9.17, 15) is 0 Å². The first kappa shape index (κ1) is 13.9. The predicted octanol–water partition coefficient (Wildman–Crippen LogP) is 5.24. The molecule has 0 amide bonds. The Labute approximate surface area is 145 Å². The monoisotopic (exact) mass is 321 g/mol. The van der Waals surface area contributed by atoms with Gasteiger partial charge in [-0.1, -0.05) is 66.7 Å². The van der Waals surface area contributed by atoms with Crippen molar-refractivity contribution in [2.24, 2.45) is 0 Å². The number of aromatic nitrogens is 3. The highest BCUT2D eigenvalue weighted by molar-refractivity contribution is 6.09. The zero-order valence-corrected chi connectivity index (χ0v) is 13.5. The number of hydrogen-bond donors (Lipinski definition) is 0. The number of fused-ring (bicyclic) bond motifs is 3. The quantitative estimate of drug-likeness (QED) is 0.445. The van der Waals surface area contributed by atoms with Crippen molar-refractivity contribution in [2.45, 2.75) is 0 Å². The van der Waals surface area contributed by atoms with E-state index in [4.69, 9.17) is 4.98 Å². The van der Waals surface area contributed by atoms with Crippen molar-refractivity contribution >= 4 is 21.8 Å². The van der Waals surface area contributed by atoms with Gasteiger partial charge in [0.15, 0.2) is 5.82 Å². The molecule has 0 bridgehead atoms. The minimum atomic E-state index is 0.736. The molecule has 3 heteroatoms. The molecule has 3 aromatic carbocycles. The van der Waals surface area contributed by atoms with Gasteiger partial charge in [-0.2, -0.15) is 0 Å². The van der Waals surface area contributed by atoms with Crippen LogP contribution in [0.3, 0.4) is 0 Å². The smallest absolute Gasteiger partial charge is 0.161 e. The van der Waals surface area contributed by atoms with E-state index < -0.39 is 0 Å². The summed E-state index contributed by atoms with van der Waals surface area (Å²) in [7, 11) is 0. The Morgan fingerprint density at radius 3 is 1.88 bits per heavy atom. The van der Waals surface area contributed by atoms with Gasteiger partial charge in [0.1, 0.15) is 5.82 Å². The first-order valence-corrected chi connectivity index (χ1v) is 8.29. The highest BCUT2D eigenvalue weighted by Gasteiger charge is 2.13. The molecular formula is C22H15N3. The highest BCUT2D eigenvalue weighted by atomic mass is 15.1. The third-order valence-corrected chi connectivity index (χ3v) is 4.48. The van der Waals surface area contributed by atoms with E-state index in [1.165, 1.54) is 10.8 Å². The van der Waals surface area contributed by atoms with E-state index in [2.05, 4.69) is 58.1 Å². The average Bonchev–Trinajstić information content (AvgIpc) is 3.03. The van der Waals surface area contributed by atoms with Crippen molar-refractivity contribution in [1.82, 2.24) is 14.5 Å². The van der Waals surface area contributed by atoms with Crippen LogP contribution in [0.2, 0.25) is 0 Å². The van der Waals surface area contributed by atoms with Gasteiger partial charge in [-0.05, 0) is 18.2 Å². The van der Waals surface area contributed by atoms with Crippen LogP contribution in [0.4, 0.5) is 0 Å². The summed E-state index contributed by atoms with van der Waals surface area (Å²) in [5.74, 6) is 1.62. The Morgan fingerprint density at radius 2 is 1.20 bits per heavy atom. The summed E-state index contributed by atoms with van der Waals surface area (Å²) in [6.45, 7) is 0. The molecule has 0 spiro atoms. The van der Waals surface area contributed by atoms with E-state index in [0.29, 0.717) is 0 Å². The molecule has 2 aromatic heterocycles. The van der Waals surface area contributed by atoms with Gasteiger partial charge in [0.05, 0.1) is 11.0 Å². The molecule has 3 nitrogen and oxygen atoms in total. The number of para-hydroxylation sites is 2. The summed E-state index contributed by atoms with van der Waals surface area (Å²) >= 11 is 0. The first-order chi connectivity index (χ1) is 12.4. The summed E-state index contributed by atoms with van der Waals surface area (Å²) < 4.78 is 2.21. The van der Waals surface area contributed by atoms with Crippen molar-refractivity contribution < 1.29 is 0 Å². The maximum absolute atomic E-state index is 4.84. The van der Waals surface area contributed by atoms with Crippen LogP contribution in [0.1, 0.15) is 0 Å². The Morgan fingerprint density at radius 1 is 0.600 bits per heavy atom. The standard InChI is InChI=1S/C22H15N3/c1-2-8-16(9-3-1)22-23-15-14-21(24-22)25-19-12-6-4-10-17(19)18-11-5-7-13-20(18)25/h1-15H. The second-order valence-electron chi connectivity index (χ2n) is 5.97. The molecular weight excluding hydrogens is 306 g/mol. The fourth-order valence-electron chi connectivity index (χ4n) is 3.37. The molecule has 0 aliphatic heterocycles. The van der Waals surface area contributed by atoms with Gasteiger partial charge in [-0.15, -0.1) is 0 Å². The molecule has 0 saturated heterocycles. The minimum absolute atomic E-state index is 0.736. The van der Waals surface area contributed by atoms with Crippen molar-refractivity contribution in [2.75, 3.05) is 0 Å². The van der Waals surface area contributed by atoms with Gasteiger partial charge >= 0.3 is 0 Å². The molecule has 0 saturated carbocycles. The van der Waals surface area contributed by atoms with E-state index >= 15 is 0 Å².